The van der Waals surface area contributed by atoms with Crippen molar-refractivity contribution >= 4 is 29.9 Å². The fourth-order valence-corrected chi connectivity index (χ4v) is 3.16. The number of aliphatic imine (C=N–C) groups is 1. The minimum absolute atomic E-state index is 0. The third-order valence-corrected chi connectivity index (χ3v) is 5.10. The minimum atomic E-state index is 0. The lowest BCUT2D eigenvalue weighted by molar-refractivity contribution is 0.321. The first-order chi connectivity index (χ1) is 11.2. The zero-order valence-corrected chi connectivity index (χ0v) is 16.9. The largest absolute Gasteiger partial charge is 0.354 e. The molecule has 2 N–H and O–H groups in total. The van der Waals surface area contributed by atoms with E-state index in [-0.39, 0.29) is 24.0 Å². The predicted octanol–water partition coefficient (Wildman–Crippen LogP) is 1.18. The van der Waals surface area contributed by atoms with Crippen LogP contribution >= 0.6 is 24.0 Å². The summed E-state index contributed by atoms with van der Waals surface area (Å²) in [4.78, 5) is 7.37. The van der Waals surface area contributed by atoms with E-state index >= 15 is 0 Å². The highest BCUT2D eigenvalue weighted by Crippen LogP contribution is 2.29. The van der Waals surface area contributed by atoms with Crippen LogP contribution in [0, 0.1) is 6.92 Å². The van der Waals surface area contributed by atoms with Gasteiger partial charge in [-0.15, -0.1) is 34.2 Å². The minimum Gasteiger partial charge on any atom is -0.354 e. The van der Waals surface area contributed by atoms with Gasteiger partial charge in [-0.2, -0.15) is 0 Å². The van der Waals surface area contributed by atoms with Gasteiger partial charge in [0.2, 0.25) is 0 Å². The molecule has 1 unspecified atom stereocenters. The fraction of sp³-hybridized carbons (Fsp3) is 0.812. The Balaban J connectivity index is 0.00000169. The highest BCUT2D eigenvalue weighted by molar-refractivity contribution is 14.0. The van der Waals surface area contributed by atoms with Crippen LogP contribution < -0.4 is 10.6 Å². The number of hydrogen-bond acceptors (Lipinski definition) is 4. The lowest BCUT2D eigenvalue weighted by Gasteiger charge is -2.18. The number of rotatable bonds is 5. The van der Waals surface area contributed by atoms with E-state index in [4.69, 9.17) is 4.99 Å². The number of guanidine groups is 1. The molecular weight excluding hydrogens is 417 g/mol. The van der Waals surface area contributed by atoms with Crippen molar-refractivity contribution in [3.05, 3.63) is 11.6 Å². The second kappa shape index (κ2) is 7.55. The molecule has 0 spiro atoms. The van der Waals surface area contributed by atoms with Crippen molar-refractivity contribution in [1.82, 2.24) is 30.3 Å². The number of likely N-dealkylation sites (tertiary alicyclic amines) is 1. The number of nitrogens with zero attached hydrogens (tertiary/aromatic N) is 5. The number of aryl methyl sites for hydroxylation is 1. The second-order valence-electron chi connectivity index (χ2n) is 7.16. The molecule has 0 aromatic carbocycles. The van der Waals surface area contributed by atoms with E-state index in [1.807, 2.05) is 18.5 Å². The quantitative estimate of drug-likeness (QED) is 0.405. The molecule has 2 aliphatic carbocycles. The topological polar surface area (TPSA) is 70.4 Å². The zero-order chi connectivity index (χ0) is 15.8. The van der Waals surface area contributed by atoms with Gasteiger partial charge < -0.3 is 15.2 Å². The van der Waals surface area contributed by atoms with E-state index in [9.17, 15) is 0 Å². The Kier molecular flexibility index (Phi) is 5.63. The Morgan fingerprint density at radius 1 is 1.12 bits per heavy atom. The molecule has 1 aromatic heterocycles. The van der Waals surface area contributed by atoms with Crippen molar-refractivity contribution in [1.29, 1.82) is 0 Å². The van der Waals surface area contributed by atoms with Crippen LogP contribution in [0.4, 0.5) is 0 Å². The number of hydrogen-bond donors (Lipinski definition) is 2. The molecule has 8 heteroatoms. The van der Waals surface area contributed by atoms with Crippen LogP contribution in [0.3, 0.4) is 0 Å². The van der Waals surface area contributed by atoms with Gasteiger partial charge in [-0.3, -0.25) is 4.90 Å². The first-order valence-corrected chi connectivity index (χ1v) is 8.85. The molecule has 134 valence electrons. The standard InChI is InChI=1S/C16H27N7.HI/c1-11-20-21-15(22(11)2)9-17-16(18-12-3-4-12)19-13-7-8-23(10-13)14-5-6-14;/h12-14H,3-10H2,1-2H3,(H2,17,18,19);1H. The predicted molar refractivity (Wildman–Crippen MR) is 105 cm³/mol. The maximum atomic E-state index is 4.75. The highest BCUT2D eigenvalue weighted by atomic mass is 127. The molecule has 1 aromatic rings. The summed E-state index contributed by atoms with van der Waals surface area (Å²) in [6, 6.07) is 1.98. The van der Waals surface area contributed by atoms with E-state index in [2.05, 4.69) is 25.7 Å². The van der Waals surface area contributed by atoms with Crippen molar-refractivity contribution in [2.45, 2.75) is 63.7 Å². The summed E-state index contributed by atoms with van der Waals surface area (Å²) < 4.78 is 2.00. The van der Waals surface area contributed by atoms with E-state index in [1.54, 1.807) is 0 Å². The summed E-state index contributed by atoms with van der Waals surface area (Å²) in [6.07, 6.45) is 6.50. The summed E-state index contributed by atoms with van der Waals surface area (Å²) in [5.74, 6) is 2.77. The molecule has 0 radical (unpaired) electrons. The number of nitrogens with one attached hydrogen (secondary N) is 2. The van der Waals surface area contributed by atoms with E-state index < -0.39 is 0 Å². The number of halogens is 1. The fourth-order valence-electron chi connectivity index (χ4n) is 3.16. The summed E-state index contributed by atoms with van der Waals surface area (Å²) in [6.45, 7) is 4.91. The van der Waals surface area contributed by atoms with Gasteiger partial charge in [-0.1, -0.05) is 0 Å². The molecule has 3 aliphatic rings. The monoisotopic (exact) mass is 445 g/mol. The summed E-state index contributed by atoms with van der Waals surface area (Å²) in [5, 5.41) is 15.5. The van der Waals surface area contributed by atoms with Gasteiger partial charge in [-0.25, -0.2) is 4.99 Å². The van der Waals surface area contributed by atoms with E-state index in [0.717, 1.165) is 30.2 Å². The van der Waals surface area contributed by atoms with Gasteiger partial charge in [0.25, 0.3) is 0 Å². The average molecular weight is 445 g/mol. The third-order valence-electron chi connectivity index (χ3n) is 5.10. The normalized spacial score (nSPS) is 24.8. The first kappa shape index (κ1) is 17.9. The van der Waals surface area contributed by atoms with Crippen molar-refractivity contribution in [3.8, 4) is 0 Å². The van der Waals surface area contributed by atoms with Gasteiger partial charge in [0, 0.05) is 38.3 Å². The Labute approximate surface area is 160 Å². The zero-order valence-electron chi connectivity index (χ0n) is 14.5. The average Bonchev–Trinajstić information content (AvgIpc) is 3.46. The van der Waals surface area contributed by atoms with E-state index in [1.165, 1.54) is 38.6 Å². The second-order valence-corrected chi connectivity index (χ2v) is 7.16. The van der Waals surface area contributed by atoms with Crippen molar-refractivity contribution < 1.29 is 0 Å². The van der Waals surface area contributed by atoms with Crippen LogP contribution in [0.15, 0.2) is 4.99 Å². The van der Waals surface area contributed by atoms with Gasteiger partial charge in [0.15, 0.2) is 11.8 Å². The molecule has 1 saturated heterocycles. The molecule has 24 heavy (non-hydrogen) atoms. The molecule has 4 rings (SSSR count). The Morgan fingerprint density at radius 2 is 1.88 bits per heavy atom. The van der Waals surface area contributed by atoms with Crippen LogP contribution in [0.2, 0.25) is 0 Å². The first-order valence-electron chi connectivity index (χ1n) is 8.85. The molecule has 3 fully saturated rings. The van der Waals surface area contributed by atoms with E-state index in [0.29, 0.717) is 18.6 Å². The van der Waals surface area contributed by atoms with Gasteiger partial charge in [0.05, 0.1) is 0 Å². The van der Waals surface area contributed by atoms with Crippen LogP contribution in [-0.2, 0) is 13.6 Å². The maximum absolute atomic E-state index is 4.75. The van der Waals surface area contributed by atoms with Crippen LogP contribution in [0.5, 0.6) is 0 Å². The SMILES string of the molecule is Cc1nnc(CN=C(NC2CC2)NC2CCN(C3CC3)C2)n1C.I. The highest BCUT2D eigenvalue weighted by Gasteiger charge is 2.35. The van der Waals surface area contributed by atoms with Crippen LogP contribution in [0.25, 0.3) is 0 Å². The molecular formula is C16H28IN7. The maximum Gasteiger partial charge on any atom is 0.192 e. The van der Waals surface area contributed by atoms with Gasteiger partial charge >= 0.3 is 0 Å². The molecule has 0 bridgehead atoms. The van der Waals surface area contributed by atoms with Gasteiger partial charge in [-0.05, 0) is 39.0 Å². The Morgan fingerprint density at radius 3 is 2.50 bits per heavy atom. The summed E-state index contributed by atoms with van der Waals surface area (Å²) in [7, 11) is 1.99. The molecule has 7 nitrogen and oxygen atoms in total. The third kappa shape index (κ3) is 4.38. The summed E-state index contributed by atoms with van der Waals surface area (Å²) >= 11 is 0. The lowest BCUT2D eigenvalue weighted by Crippen LogP contribution is -2.45. The Bertz CT molecular complexity index is 591. The smallest absolute Gasteiger partial charge is 0.192 e. The van der Waals surface area contributed by atoms with Crippen LogP contribution in [0.1, 0.15) is 43.8 Å². The van der Waals surface area contributed by atoms with Crippen molar-refractivity contribution in [2.24, 2.45) is 12.0 Å². The van der Waals surface area contributed by atoms with Crippen molar-refractivity contribution in [2.75, 3.05) is 13.1 Å². The number of aromatic nitrogens is 3. The molecule has 2 saturated carbocycles. The molecule has 0 amide bonds. The lowest BCUT2D eigenvalue weighted by atomic mass is 10.3. The molecule has 1 atom stereocenters. The van der Waals surface area contributed by atoms with Gasteiger partial charge in [0.1, 0.15) is 12.4 Å². The van der Waals surface area contributed by atoms with Crippen molar-refractivity contribution in [3.63, 3.8) is 0 Å². The Hall–Kier alpha value is -0.900. The van der Waals surface area contributed by atoms with Crippen LogP contribution in [-0.4, -0.2) is 56.8 Å². The molecule has 1 aliphatic heterocycles. The summed E-state index contributed by atoms with van der Waals surface area (Å²) in [5.41, 5.74) is 0. The molecule has 2 heterocycles.